The summed E-state index contributed by atoms with van der Waals surface area (Å²) < 4.78 is 0.878. The maximum Gasteiger partial charge on any atom is 0.201 e. The summed E-state index contributed by atoms with van der Waals surface area (Å²) in [5.41, 5.74) is 5.88. The third kappa shape index (κ3) is 6.11. The van der Waals surface area contributed by atoms with Crippen LogP contribution in [0.15, 0.2) is 86.7 Å². The second-order valence-corrected chi connectivity index (χ2v) is 7.66. The predicted molar refractivity (Wildman–Crippen MR) is 128 cm³/mol. The number of pyridine rings is 1. The fourth-order valence-electron chi connectivity index (χ4n) is 2.72. The molecule has 0 aliphatic heterocycles. The zero-order valence-electron chi connectivity index (χ0n) is 16.8. The molecular weight excluding hydrogens is 464 g/mol. The molecule has 154 valence electrons. The van der Waals surface area contributed by atoms with Crippen LogP contribution in [0.4, 0.5) is 17.2 Å². The number of nitrogens with one attached hydrogen (secondary N) is 1. The normalized spacial score (nSPS) is 11.7. The first kappa shape index (κ1) is 21.9. The monoisotopic (exact) mass is 484 g/mol. The molecule has 1 heterocycles. The number of benzene rings is 2. The number of azo groups is 1. The van der Waals surface area contributed by atoms with Crippen LogP contribution in [0.25, 0.3) is 0 Å². The Morgan fingerprint density at radius 2 is 1.70 bits per heavy atom. The lowest BCUT2D eigenvalue weighted by atomic mass is 10.2. The van der Waals surface area contributed by atoms with Gasteiger partial charge in [0.1, 0.15) is 0 Å². The van der Waals surface area contributed by atoms with Crippen LogP contribution in [0.3, 0.4) is 0 Å². The van der Waals surface area contributed by atoms with Crippen LogP contribution < -0.4 is 10.3 Å². The van der Waals surface area contributed by atoms with Gasteiger partial charge in [0.15, 0.2) is 5.82 Å². The third-order valence-corrected chi connectivity index (χ3v) is 5.07. The molecule has 0 fully saturated rings. The fourth-order valence-corrected chi connectivity index (χ4v) is 3.08. The summed E-state index contributed by atoms with van der Waals surface area (Å²) in [5, 5.41) is 13.6. The molecule has 0 aliphatic carbocycles. The van der Waals surface area contributed by atoms with E-state index in [9.17, 15) is 0 Å². The van der Waals surface area contributed by atoms with E-state index in [-0.39, 0.29) is 0 Å². The van der Waals surface area contributed by atoms with Crippen LogP contribution in [0.1, 0.15) is 19.4 Å². The molecule has 0 spiro atoms. The van der Waals surface area contributed by atoms with Crippen molar-refractivity contribution < 1.29 is 0 Å². The van der Waals surface area contributed by atoms with E-state index >= 15 is 0 Å². The lowest BCUT2D eigenvalue weighted by molar-refractivity contribution is 0.866. The van der Waals surface area contributed by atoms with Crippen LogP contribution >= 0.6 is 27.5 Å². The molecule has 3 aromatic rings. The van der Waals surface area contributed by atoms with Crippen molar-refractivity contribution in [3.8, 4) is 0 Å². The highest BCUT2D eigenvalue weighted by Gasteiger charge is 2.05. The van der Waals surface area contributed by atoms with Crippen molar-refractivity contribution >= 4 is 50.6 Å². The Labute approximate surface area is 189 Å². The Balaban J connectivity index is 1.83. The van der Waals surface area contributed by atoms with E-state index in [1.54, 1.807) is 24.4 Å². The van der Waals surface area contributed by atoms with Crippen LogP contribution in [0.5, 0.6) is 0 Å². The van der Waals surface area contributed by atoms with E-state index in [4.69, 9.17) is 11.6 Å². The summed E-state index contributed by atoms with van der Waals surface area (Å²) in [7, 11) is 0. The average Bonchev–Trinajstić information content (AvgIpc) is 2.77. The average molecular weight is 486 g/mol. The van der Waals surface area contributed by atoms with Gasteiger partial charge in [0.05, 0.1) is 5.69 Å². The molecule has 0 radical (unpaired) electrons. The summed E-state index contributed by atoms with van der Waals surface area (Å²) in [6, 6.07) is 19.0. The van der Waals surface area contributed by atoms with Gasteiger partial charge in [-0.2, -0.15) is 5.10 Å². The highest BCUT2D eigenvalue weighted by molar-refractivity contribution is 9.10. The van der Waals surface area contributed by atoms with Gasteiger partial charge in [0.2, 0.25) is 5.84 Å². The van der Waals surface area contributed by atoms with E-state index in [1.807, 2.05) is 30.3 Å². The molecular formula is C22H22BrClN6. The first-order chi connectivity index (χ1) is 14.6. The summed E-state index contributed by atoms with van der Waals surface area (Å²) in [6.45, 7) is 6.21. The zero-order valence-corrected chi connectivity index (χ0v) is 19.1. The van der Waals surface area contributed by atoms with Crippen molar-refractivity contribution in [2.45, 2.75) is 13.8 Å². The van der Waals surface area contributed by atoms with Crippen LogP contribution in [-0.4, -0.2) is 23.9 Å². The molecule has 0 aliphatic rings. The summed E-state index contributed by atoms with van der Waals surface area (Å²) in [6.07, 6.45) is 1.67. The Morgan fingerprint density at radius 1 is 1.00 bits per heavy atom. The molecule has 0 bridgehead atoms. The highest BCUT2D eigenvalue weighted by atomic mass is 79.9. The van der Waals surface area contributed by atoms with Gasteiger partial charge in [-0.1, -0.05) is 11.6 Å². The zero-order chi connectivity index (χ0) is 21.3. The van der Waals surface area contributed by atoms with Gasteiger partial charge in [-0.05, 0) is 90.4 Å². The van der Waals surface area contributed by atoms with E-state index in [2.05, 4.69) is 72.5 Å². The topological polar surface area (TPSA) is 65.2 Å². The van der Waals surface area contributed by atoms with Gasteiger partial charge in [-0.3, -0.25) is 5.43 Å². The standard InChI is InChI=1S/C22H22BrClN6/c1-3-30(4-2)20-12-10-19(11-13-20)26-28-22(16-5-8-18(24)9-6-16)29-27-21-14-7-17(23)15-25-21/h5-15,26H,3-4H2,1-2H3. The number of anilines is 2. The van der Waals surface area contributed by atoms with Gasteiger partial charge >= 0.3 is 0 Å². The lowest BCUT2D eigenvalue weighted by Crippen LogP contribution is -2.21. The van der Waals surface area contributed by atoms with Crippen molar-refractivity contribution in [1.82, 2.24) is 4.98 Å². The molecule has 1 aromatic heterocycles. The SMILES string of the molecule is CCN(CC)c1ccc(NN=C(N=Nc2ccc(Br)cn2)c2ccc(Cl)cc2)cc1. The minimum Gasteiger partial charge on any atom is -0.372 e. The number of rotatable bonds is 7. The molecule has 2 aromatic carbocycles. The molecule has 30 heavy (non-hydrogen) atoms. The van der Waals surface area contributed by atoms with Crippen molar-refractivity contribution in [1.29, 1.82) is 0 Å². The molecule has 1 N–H and O–H groups in total. The first-order valence-electron chi connectivity index (χ1n) is 9.57. The number of hydrazone groups is 1. The Morgan fingerprint density at radius 3 is 2.30 bits per heavy atom. The lowest BCUT2D eigenvalue weighted by Gasteiger charge is -2.21. The van der Waals surface area contributed by atoms with E-state index < -0.39 is 0 Å². The quantitative estimate of drug-likeness (QED) is 0.171. The van der Waals surface area contributed by atoms with Crippen molar-refractivity contribution in [2.75, 3.05) is 23.4 Å². The minimum absolute atomic E-state index is 0.421. The summed E-state index contributed by atoms with van der Waals surface area (Å²) in [5.74, 6) is 0.910. The molecule has 0 unspecified atom stereocenters. The van der Waals surface area contributed by atoms with Gasteiger partial charge in [0.25, 0.3) is 0 Å². The van der Waals surface area contributed by atoms with Gasteiger partial charge in [0, 0.05) is 40.0 Å². The maximum absolute atomic E-state index is 6.01. The van der Waals surface area contributed by atoms with Crippen molar-refractivity contribution in [3.05, 3.63) is 81.9 Å². The van der Waals surface area contributed by atoms with Gasteiger partial charge in [-0.25, -0.2) is 4.98 Å². The molecule has 8 heteroatoms. The summed E-state index contributed by atoms with van der Waals surface area (Å²) in [4.78, 5) is 6.49. The molecule has 0 saturated heterocycles. The predicted octanol–water partition coefficient (Wildman–Crippen LogP) is 6.90. The van der Waals surface area contributed by atoms with E-state index in [0.29, 0.717) is 16.7 Å². The van der Waals surface area contributed by atoms with Crippen molar-refractivity contribution in [2.24, 2.45) is 15.3 Å². The van der Waals surface area contributed by atoms with Crippen LogP contribution in [-0.2, 0) is 0 Å². The van der Waals surface area contributed by atoms with Crippen LogP contribution in [0, 0.1) is 0 Å². The number of aromatic nitrogens is 1. The third-order valence-electron chi connectivity index (χ3n) is 4.35. The highest BCUT2D eigenvalue weighted by Crippen LogP contribution is 2.19. The number of hydrogen-bond acceptors (Lipinski definition) is 5. The Hall–Kier alpha value is -2.77. The second kappa shape index (κ2) is 10.8. The number of nitrogens with zero attached hydrogens (tertiary/aromatic N) is 5. The minimum atomic E-state index is 0.421. The fraction of sp³-hybridized carbons (Fsp3) is 0.182. The number of hydrogen-bond donors (Lipinski definition) is 1. The molecule has 0 saturated carbocycles. The Kier molecular flexibility index (Phi) is 7.93. The largest absolute Gasteiger partial charge is 0.372 e. The number of amidine groups is 1. The molecule has 3 rings (SSSR count). The molecule has 6 nitrogen and oxygen atoms in total. The van der Waals surface area contributed by atoms with Crippen molar-refractivity contribution in [3.63, 3.8) is 0 Å². The molecule has 0 atom stereocenters. The maximum atomic E-state index is 6.01. The van der Waals surface area contributed by atoms with Gasteiger partial charge < -0.3 is 4.90 Å². The number of halogens is 2. The smallest absolute Gasteiger partial charge is 0.201 e. The van der Waals surface area contributed by atoms with Crippen LogP contribution in [0.2, 0.25) is 5.02 Å². The first-order valence-corrected chi connectivity index (χ1v) is 10.7. The van der Waals surface area contributed by atoms with E-state index in [1.165, 1.54) is 5.69 Å². The Bertz CT molecular complexity index is 997. The molecule has 0 amide bonds. The van der Waals surface area contributed by atoms with E-state index in [0.717, 1.165) is 28.8 Å². The van der Waals surface area contributed by atoms with Gasteiger partial charge in [-0.15, -0.1) is 10.2 Å². The second-order valence-electron chi connectivity index (χ2n) is 6.31. The summed E-state index contributed by atoms with van der Waals surface area (Å²) >= 11 is 9.37.